The van der Waals surface area contributed by atoms with Crippen molar-refractivity contribution < 1.29 is 0 Å². The summed E-state index contributed by atoms with van der Waals surface area (Å²) in [6.45, 7) is 3.61. The predicted octanol–water partition coefficient (Wildman–Crippen LogP) is 1.31. The van der Waals surface area contributed by atoms with Crippen LogP contribution in [0.5, 0.6) is 0 Å². The fourth-order valence-electron chi connectivity index (χ4n) is 1.38. The van der Waals surface area contributed by atoms with Crippen molar-refractivity contribution in [3.8, 4) is 0 Å². The van der Waals surface area contributed by atoms with E-state index in [0.717, 1.165) is 11.3 Å². The number of nitrogens with zero attached hydrogens (tertiary/aromatic N) is 3. The van der Waals surface area contributed by atoms with Gasteiger partial charge in [-0.3, -0.25) is 5.43 Å². The van der Waals surface area contributed by atoms with Crippen molar-refractivity contribution >= 4 is 11.5 Å². The molecule has 0 saturated heterocycles. The molecule has 2 N–H and O–H groups in total. The summed E-state index contributed by atoms with van der Waals surface area (Å²) in [6.07, 6.45) is 0. The average Bonchev–Trinajstić information content (AvgIpc) is 2.40. The molecule has 1 aromatic heterocycles. The lowest BCUT2D eigenvalue weighted by Gasteiger charge is -2.03. The van der Waals surface area contributed by atoms with E-state index in [9.17, 15) is 4.79 Å². The Balaban J connectivity index is 2.20. The summed E-state index contributed by atoms with van der Waals surface area (Å²) in [4.78, 5) is 14.8. The summed E-state index contributed by atoms with van der Waals surface area (Å²) in [5.41, 5.74) is 4.63. The van der Waals surface area contributed by atoms with Gasteiger partial charge in [-0.2, -0.15) is 15.2 Å². The van der Waals surface area contributed by atoms with Crippen LogP contribution in [0, 0.1) is 6.92 Å². The molecule has 0 unspecified atom stereocenters. The van der Waals surface area contributed by atoms with Gasteiger partial charge in [-0.25, -0.2) is 9.89 Å². The smallest absolute Gasteiger partial charge is 0.259 e. The molecule has 92 valence electrons. The van der Waals surface area contributed by atoms with Crippen molar-refractivity contribution in [1.82, 2.24) is 15.2 Å². The van der Waals surface area contributed by atoms with Gasteiger partial charge in [0, 0.05) is 0 Å². The number of nitrogens with one attached hydrogen (secondary N) is 2. The highest BCUT2D eigenvalue weighted by atomic mass is 16.1. The van der Waals surface area contributed by atoms with Crippen LogP contribution in [0.1, 0.15) is 18.2 Å². The van der Waals surface area contributed by atoms with Gasteiger partial charge in [0.05, 0.1) is 5.71 Å². The Morgan fingerprint density at radius 2 is 2.06 bits per heavy atom. The number of hydrogen-bond acceptors (Lipinski definition) is 5. The first-order chi connectivity index (χ1) is 8.66. The van der Waals surface area contributed by atoms with E-state index in [1.807, 2.05) is 37.3 Å². The monoisotopic (exact) mass is 243 g/mol. The SMILES string of the molecule is C/C(=N\Nc1nc(=O)[nH]nc1C)c1ccccc1. The van der Waals surface area contributed by atoms with Crippen LogP contribution >= 0.6 is 0 Å². The molecule has 6 nitrogen and oxygen atoms in total. The molecule has 18 heavy (non-hydrogen) atoms. The zero-order valence-corrected chi connectivity index (χ0v) is 10.1. The number of hydrazone groups is 1. The molecule has 0 aliphatic carbocycles. The van der Waals surface area contributed by atoms with Crippen LogP contribution in [0.15, 0.2) is 40.2 Å². The predicted molar refractivity (Wildman–Crippen MR) is 69.7 cm³/mol. The molecule has 1 heterocycles. The summed E-state index contributed by atoms with van der Waals surface area (Å²) in [5.74, 6) is 0.356. The van der Waals surface area contributed by atoms with Crippen molar-refractivity contribution in [2.45, 2.75) is 13.8 Å². The second kappa shape index (κ2) is 5.22. The van der Waals surface area contributed by atoms with Gasteiger partial charge in [0.2, 0.25) is 0 Å². The van der Waals surface area contributed by atoms with Crippen LogP contribution in [-0.4, -0.2) is 20.9 Å². The molecule has 0 fully saturated rings. The number of anilines is 1. The quantitative estimate of drug-likeness (QED) is 0.629. The molecule has 0 atom stereocenters. The third-order valence-electron chi connectivity index (χ3n) is 2.40. The first-order valence-corrected chi connectivity index (χ1v) is 5.46. The molecule has 1 aromatic carbocycles. The molecule has 2 aromatic rings. The van der Waals surface area contributed by atoms with Gasteiger partial charge >= 0.3 is 5.69 Å². The highest BCUT2D eigenvalue weighted by Crippen LogP contribution is 2.05. The van der Waals surface area contributed by atoms with Gasteiger partial charge in [0.15, 0.2) is 5.82 Å². The van der Waals surface area contributed by atoms with Crippen molar-refractivity contribution in [2.24, 2.45) is 5.10 Å². The molecule has 0 bridgehead atoms. The third-order valence-corrected chi connectivity index (χ3v) is 2.40. The molecule has 2 rings (SSSR count). The average molecular weight is 243 g/mol. The van der Waals surface area contributed by atoms with Crippen LogP contribution < -0.4 is 11.1 Å². The maximum Gasteiger partial charge on any atom is 0.363 e. The van der Waals surface area contributed by atoms with Gasteiger partial charge in [0.1, 0.15) is 5.69 Å². The normalized spacial score (nSPS) is 11.3. The Labute approximate surface area is 104 Å². The van der Waals surface area contributed by atoms with E-state index in [4.69, 9.17) is 0 Å². The van der Waals surface area contributed by atoms with Crippen LogP contribution in [-0.2, 0) is 0 Å². The van der Waals surface area contributed by atoms with E-state index in [1.54, 1.807) is 6.92 Å². The topological polar surface area (TPSA) is 83.0 Å². The van der Waals surface area contributed by atoms with Gasteiger partial charge in [0.25, 0.3) is 0 Å². The Hall–Kier alpha value is -2.50. The Bertz CT molecular complexity index is 618. The Kier molecular flexibility index (Phi) is 3.47. The molecule has 0 aliphatic heterocycles. The third kappa shape index (κ3) is 2.79. The highest BCUT2D eigenvalue weighted by molar-refractivity contribution is 5.98. The summed E-state index contributed by atoms with van der Waals surface area (Å²) < 4.78 is 0. The van der Waals surface area contributed by atoms with Crippen molar-refractivity contribution in [3.63, 3.8) is 0 Å². The Morgan fingerprint density at radius 1 is 1.33 bits per heavy atom. The summed E-state index contributed by atoms with van der Waals surface area (Å²) in [5, 5.41) is 10.2. The molecule has 0 saturated carbocycles. The summed E-state index contributed by atoms with van der Waals surface area (Å²) >= 11 is 0. The first-order valence-electron chi connectivity index (χ1n) is 5.46. The zero-order valence-electron chi connectivity index (χ0n) is 10.1. The second-order valence-corrected chi connectivity index (χ2v) is 3.75. The van der Waals surface area contributed by atoms with Crippen molar-refractivity contribution in [3.05, 3.63) is 52.1 Å². The molecule has 0 radical (unpaired) electrons. The van der Waals surface area contributed by atoms with Crippen LogP contribution in [0.2, 0.25) is 0 Å². The number of rotatable bonds is 3. The van der Waals surface area contributed by atoms with E-state index >= 15 is 0 Å². The van der Waals surface area contributed by atoms with Crippen LogP contribution in [0.3, 0.4) is 0 Å². The molecule has 0 aliphatic rings. The molecule has 6 heteroatoms. The number of aryl methyl sites for hydroxylation is 1. The number of H-pyrrole nitrogens is 1. The fraction of sp³-hybridized carbons (Fsp3) is 0.167. The lowest BCUT2D eigenvalue weighted by atomic mass is 10.1. The fourth-order valence-corrected chi connectivity index (χ4v) is 1.38. The molecular weight excluding hydrogens is 230 g/mol. The van der Waals surface area contributed by atoms with Crippen molar-refractivity contribution in [2.75, 3.05) is 5.43 Å². The number of aromatic nitrogens is 3. The van der Waals surface area contributed by atoms with Crippen molar-refractivity contribution in [1.29, 1.82) is 0 Å². The number of hydrogen-bond donors (Lipinski definition) is 2. The van der Waals surface area contributed by atoms with Gasteiger partial charge in [-0.1, -0.05) is 30.3 Å². The summed E-state index contributed by atoms with van der Waals surface area (Å²) in [6, 6.07) is 9.73. The lowest BCUT2D eigenvalue weighted by Crippen LogP contribution is -2.16. The number of aromatic amines is 1. The summed E-state index contributed by atoms with van der Waals surface area (Å²) in [7, 11) is 0. The van der Waals surface area contributed by atoms with Crippen LogP contribution in [0.25, 0.3) is 0 Å². The van der Waals surface area contributed by atoms with E-state index in [2.05, 4.69) is 25.7 Å². The van der Waals surface area contributed by atoms with Gasteiger partial charge < -0.3 is 0 Å². The minimum atomic E-state index is -0.504. The maximum atomic E-state index is 11.0. The standard InChI is InChI=1S/C12H13N5O/c1-8(10-6-4-3-5-7-10)14-16-11-9(2)15-17-12(18)13-11/h3-7H,1-2H3,(H2,13,16,17,18)/b14-8+. The molecular formula is C12H13N5O. The van der Waals surface area contributed by atoms with E-state index in [-0.39, 0.29) is 0 Å². The van der Waals surface area contributed by atoms with Gasteiger partial charge in [-0.15, -0.1) is 0 Å². The molecule has 0 spiro atoms. The van der Waals surface area contributed by atoms with E-state index in [1.165, 1.54) is 0 Å². The lowest BCUT2D eigenvalue weighted by molar-refractivity contribution is 0.879. The minimum Gasteiger partial charge on any atom is -0.259 e. The van der Waals surface area contributed by atoms with E-state index in [0.29, 0.717) is 11.5 Å². The number of benzene rings is 1. The van der Waals surface area contributed by atoms with Gasteiger partial charge in [-0.05, 0) is 19.4 Å². The Morgan fingerprint density at radius 3 is 2.78 bits per heavy atom. The minimum absolute atomic E-state index is 0.356. The second-order valence-electron chi connectivity index (χ2n) is 3.75. The molecule has 0 amide bonds. The van der Waals surface area contributed by atoms with E-state index < -0.39 is 5.69 Å². The zero-order chi connectivity index (χ0) is 13.0. The first kappa shape index (κ1) is 12.0. The largest absolute Gasteiger partial charge is 0.363 e. The highest BCUT2D eigenvalue weighted by Gasteiger charge is 2.01. The van der Waals surface area contributed by atoms with Crippen LogP contribution in [0.4, 0.5) is 5.82 Å². The maximum absolute atomic E-state index is 11.0.